The topological polar surface area (TPSA) is 51.8 Å². The van der Waals surface area contributed by atoms with Crippen molar-refractivity contribution in [1.82, 2.24) is 15.0 Å². The van der Waals surface area contributed by atoms with Crippen LogP contribution < -0.4 is 0 Å². The summed E-state index contributed by atoms with van der Waals surface area (Å²) in [5.74, 6) is 0. The Morgan fingerprint density at radius 2 is 1.41 bits per heavy atom. The molecule has 1 aliphatic carbocycles. The molecular formula is C34H19N3OS. The highest BCUT2D eigenvalue weighted by Crippen LogP contribution is 2.42. The highest BCUT2D eigenvalue weighted by Gasteiger charge is 2.24. The third-order valence-electron chi connectivity index (χ3n) is 7.92. The average molecular weight is 518 g/mol. The van der Waals surface area contributed by atoms with Gasteiger partial charge in [0.1, 0.15) is 17.5 Å². The molecule has 5 heteroatoms. The molecule has 0 amide bonds. The fourth-order valence-electron chi connectivity index (χ4n) is 6.09. The van der Waals surface area contributed by atoms with Gasteiger partial charge in [-0.3, -0.25) is 4.98 Å². The van der Waals surface area contributed by atoms with Crippen LogP contribution in [0, 0.1) is 0 Å². The lowest BCUT2D eigenvalue weighted by Gasteiger charge is -2.07. The Morgan fingerprint density at radius 1 is 0.641 bits per heavy atom. The number of furan rings is 1. The Labute approximate surface area is 227 Å². The molecule has 0 fully saturated rings. The maximum atomic E-state index is 6.27. The zero-order valence-corrected chi connectivity index (χ0v) is 21.5. The zero-order chi connectivity index (χ0) is 25.5. The number of pyridine rings is 1. The first-order chi connectivity index (χ1) is 19.3. The van der Waals surface area contributed by atoms with Crippen LogP contribution in [-0.2, 0) is 6.42 Å². The molecule has 4 aromatic carbocycles. The third-order valence-corrected chi connectivity index (χ3v) is 9.14. The summed E-state index contributed by atoms with van der Waals surface area (Å²) in [6.45, 7) is 0. The van der Waals surface area contributed by atoms with Crippen LogP contribution in [0.15, 0.2) is 108 Å². The molecule has 0 atom stereocenters. The first-order valence-corrected chi connectivity index (χ1v) is 13.8. The van der Waals surface area contributed by atoms with E-state index in [0.717, 1.165) is 56.4 Å². The minimum atomic E-state index is 0.849. The molecule has 9 rings (SSSR count). The van der Waals surface area contributed by atoms with Crippen molar-refractivity contribution in [2.45, 2.75) is 6.42 Å². The summed E-state index contributed by atoms with van der Waals surface area (Å²) >= 11 is 1.82. The maximum Gasteiger partial charge on any atom is 0.135 e. The molecule has 4 heterocycles. The first-order valence-electron chi connectivity index (χ1n) is 13.0. The predicted molar refractivity (Wildman–Crippen MR) is 159 cm³/mol. The standard InChI is InChI=1S/C34H19N3OS/c1-2-6-22-19(5-1)14-26-32(36-18-37-33(22)26)21-10-12-30-25(15-21)24-13-20(9-11-29(24)38-30)27-16-35-17-28-23-7-3-4-8-31(23)39-34(27)28/h1-13,15-18H,14H2. The Kier molecular flexibility index (Phi) is 4.23. The van der Waals surface area contributed by atoms with Crippen molar-refractivity contribution in [3.63, 3.8) is 0 Å². The van der Waals surface area contributed by atoms with Gasteiger partial charge < -0.3 is 4.42 Å². The highest BCUT2D eigenvalue weighted by molar-refractivity contribution is 7.26. The van der Waals surface area contributed by atoms with Gasteiger partial charge in [-0.05, 0) is 47.5 Å². The van der Waals surface area contributed by atoms with E-state index in [9.17, 15) is 0 Å². The summed E-state index contributed by atoms with van der Waals surface area (Å²) in [6, 6.07) is 29.9. The molecule has 0 N–H and O–H groups in total. The van der Waals surface area contributed by atoms with Crippen LogP contribution in [0.4, 0.5) is 0 Å². The smallest absolute Gasteiger partial charge is 0.135 e. The minimum Gasteiger partial charge on any atom is -0.456 e. The number of hydrogen-bond donors (Lipinski definition) is 0. The molecule has 0 bridgehead atoms. The quantitative estimate of drug-likeness (QED) is 0.229. The van der Waals surface area contributed by atoms with Gasteiger partial charge in [-0.1, -0.05) is 48.5 Å². The van der Waals surface area contributed by atoms with Crippen LogP contribution in [-0.4, -0.2) is 15.0 Å². The van der Waals surface area contributed by atoms with Crippen LogP contribution in [0.1, 0.15) is 11.1 Å². The van der Waals surface area contributed by atoms with Crippen LogP contribution in [0.2, 0.25) is 0 Å². The van der Waals surface area contributed by atoms with Crippen LogP contribution >= 0.6 is 11.3 Å². The van der Waals surface area contributed by atoms with Gasteiger partial charge in [0.25, 0.3) is 0 Å². The van der Waals surface area contributed by atoms with Crippen LogP contribution in [0.25, 0.3) is 75.8 Å². The molecule has 4 aromatic heterocycles. The van der Waals surface area contributed by atoms with Gasteiger partial charge in [-0.15, -0.1) is 11.3 Å². The van der Waals surface area contributed by atoms with E-state index in [2.05, 4.69) is 94.9 Å². The van der Waals surface area contributed by atoms with Gasteiger partial charge in [0.2, 0.25) is 0 Å². The van der Waals surface area contributed by atoms with Crippen molar-refractivity contribution >= 4 is 53.4 Å². The first kappa shape index (κ1) is 21.1. The van der Waals surface area contributed by atoms with Gasteiger partial charge in [-0.25, -0.2) is 9.97 Å². The lowest BCUT2D eigenvalue weighted by atomic mass is 10.00. The Balaban J connectivity index is 1.23. The Hall–Kier alpha value is -4.87. The fourth-order valence-corrected chi connectivity index (χ4v) is 7.30. The number of nitrogens with zero attached hydrogens (tertiary/aromatic N) is 3. The molecule has 0 saturated heterocycles. The number of benzene rings is 4. The van der Waals surface area contributed by atoms with E-state index in [1.807, 2.05) is 23.7 Å². The summed E-state index contributed by atoms with van der Waals surface area (Å²) < 4.78 is 8.81. The molecule has 0 unspecified atom stereocenters. The summed E-state index contributed by atoms with van der Waals surface area (Å²) in [4.78, 5) is 14.0. The molecule has 182 valence electrons. The van der Waals surface area contributed by atoms with Crippen molar-refractivity contribution < 1.29 is 4.42 Å². The van der Waals surface area contributed by atoms with E-state index < -0.39 is 0 Å². The summed E-state index contributed by atoms with van der Waals surface area (Å²) in [5, 5.41) is 4.64. The second kappa shape index (κ2) is 7.82. The van der Waals surface area contributed by atoms with E-state index >= 15 is 0 Å². The number of aromatic nitrogens is 3. The van der Waals surface area contributed by atoms with Crippen molar-refractivity contribution in [2.75, 3.05) is 0 Å². The van der Waals surface area contributed by atoms with Crippen LogP contribution in [0.5, 0.6) is 0 Å². The summed E-state index contributed by atoms with van der Waals surface area (Å²) in [5.41, 5.74) is 10.8. The Bertz CT molecular complexity index is 2280. The van der Waals surface area contributed by atoms with E-state index in [4.69, 9.17) is 9.40 Å². The largest absolute Gasteiger partial charge is 0.456 e. The second-order valence-corrected chi connectivity index (χ2v) is 11.1. The van der Waals surface area contributed by atoms with E-state index in [1.165, 1.54) is 36.9 Å². The van der Waals surface area contributed by atoms with Gasteiger partial charge in [0.15, 0.2) is 0 Å². The summed E-state index contributed by atoms with van der Waals surface area (Å²) in [6.07, 6.45) is 6.50. The normalized spacial score (nSPS) is 12.5. The molecule has 0 spiro atoms. The van der Waals surface area contributed by atoms with E-state index in [0.29, 0.717) is 0 Å². The number of fused-ring (bicyclic) bond motifs is 9. The van der Waals surface area contributed by atoms with Gasteiger partial charge in [0.05, 0.1) is 11.4 Å². The maximum absolute atomic E-state index is 6.27. The van der Waals surface area contributed by atoms with Crippen molar-refractivity contribution in [3.05, 3.63) is 115 Å². The molecule has 1 aliphatic rings. The molecule has 8 aromatic rings. The van der Waals surface area contributed by atoms with E-state index in [1.54, 1.807) is 6.33 Å². The Morgan fingerprint density at radius 3 is 2.33 bits per heavy atom. The van der Waals surface area contributed by atoms with Crippen LogP contribution in [0.3, 0.4) is 0 Å². The predicted octanol–water partition coefficient (Wildman–Crippen LogP) is 9.04. The van der Waals surface area contributed by atoms with E-state index in [-0.39, 0.29) is 0 Å². The molecular weight excluding hydrogens is 498 g/mol. The second-order valence-electron chi connectivity index (χ2n) is 10.1. The zero-order valence-electron chi connectivity index (χ0n) is 20.7. The molecule has 0 saturated carbocycles. The molecule has 39 heavy (non-hydrogen) atoms. The lowest BCUT2D eigenvalue weighted by Crippen LogP contribution is -1.94. The highest BCUT2D eigenvalue weighted by atomic mass is 32.1. The molecule has 0 radical (unpaired) electrons. The van der Waals surface area contributed by atoms with Gasteiger partial charge >= 0.3 is 0 Å². The third kappa shape index (κ3) is 3.02. The average Bonchev–Trinajstić information content (AvgIpc) is 3.67. The van der Waals surface area contributed by atoms with Gasteiger partial charge in [-0.2, -0.15) is 0 Å². The molecule has 0 aliphatic heterocycles. The monoisotopic (exact) mass is 517 g/mol. The SMILES string of the molecule is c1ccc2c(c1)Cc1c(-c3ccc4oc5ccc(-c6cncc7c6sc6ccccc67)cc5c4c3)ncnc1-2. The van der Waals surface area contributed by atoms with Gasteiger partial charge in [0, 0.05) is 72.0 Å². The fraction of sp³-hybridized carbons (Fsp3) is 0.0294. The molecule has 4 nitrogen and oxygen atoms in total. The lowest BCUT2D eigenvalue weighted by molar-refractivity contribution is 0.669. The number of rotatable bonds is 2. The summed E-state index contributed by atoms with van der Waals surface area (Å²) in [7, 11) is 0. The van der Waals surface area contributed by atoms with Crippen molar-refractivity contribution in [2.24, 2.45) is 0 Å². The van der Waals surface area contributed by atoms with Crippen molar-refractivity contribution in [1.29, 1.82) is 0 Å². The number of hydrogen-bond acceptors (Lipinski definition) is 5. The minimum absolute atomic E-state index is 0.849. The van der Waals surface area contributed by atoms with Crippen molar-refractivity contribution in [3.8, 4) is 33.6 Å². The number of thiophene rings is 1.